The molecule has 0 aliphatic rings. The first kappa shape index (κ1) is 13.1. The Bertz CT molecular complexity index is 528. The Labute approximate surface area is 108 Å². The minimum absolute atomic E-state index is 0.175. The van der Waals surface area contributed by atoms with E-state index in [9.17, 15) is 4.39 Å². The van der Waals surface area contributed by atoms with Crippen LogP contribution in [0.25, 0.3) is 10.9 Å². The molecule has 1 heterocycles. The molecule has 2 nitrogen and oxygen atoms in total. The Kier molecular flexibility index (Phi) is 3.71. The van der Waals surface area contributed by atoms with E-state index in [1.807, 2.05) is 18.3 Å². The van der Waals surface area contributed by atoms with Crippen LogP contribution in [-0.2, 0) is 6.54 Å². The summed E-state index contributed by atoms with van der Waals surface area (Å²) in [5, 5.41) is 4.49. The van der Waals surface area contributed by atoms with Crippen molar-refractivity contribution in [2.45, 2.75) is 39.3 Å². The topological polar surface area (TPSA) is 17.0 Å². The molecule has 1 aromatic carbocycles. The van der Waals surface area contributed by atoms with Gasteiger partial charge in [0, 0.05) is 35.7 Å². The van der Waals surface area contributed by atoms with Gasteiger partial charge >= 0.3 is 0 Å². The van der Waals surface area contributed by atoms with Gasteiger partial charge in [-0.25, -0.2) is 4.39 Å². The summed E-state index contributed by atoms with van der Waals surface area (Å²) in [5.41, 5.74) is 1.27. The number of fused-ring (bicyclic) bond motifs is 1. The molecule has 2 rings (SSSR count). The number of hydrogen-bond donors (Lipinski definition) is 1. The maximum Gasteiger partial charge on any atom is 0.123 e. The predicted molar refractivity (Wildman–Crippen MR) is 74.3 cm³/mol. The molecule has 0 unspecified atom stereocenters. The Balaban J connectivity index is 2.04. The van der Waals surface area contributed by atoms with Crippen molar-refractivity contribution in [2.24, 2.45) is 0 Å². The quantitative estimate of drug-likeness (QED) is 0.856. The minimum atomic E-state index is -0.175. The van der Waals surface area contributed by atoms with E-state index in [1.165, 1.54) is 6.07 Å². The molecule has 1 aromatic heterocycles. The van der Waals surface area contributed by atoms with Gasteiger partial charge in [0.05, 0.1) is 0 Å². The van der Waals surface area contributed by atoms with Crippen LogP contribution in [0.3, 0.4) is 0 Å². The number of hydrogen-bond acceptors (Lipinski definition) is 1. The fourth-order valence-electron chi connectivity index (χ4n) is 2.01. The van der Waals surface area contributed by atoms with Crippen LogP contribution < -0.4 is 5.32 Å². The highest BCUT2D eigenvalue weighted by molar-refractivity contribution is 5.80. The summed E-state index contributed by atoms with van der Waals surface area (Å²) in [4.78, 5) is 0. The molecule has 3 heteroatoms. The zero-order valence-corrected chi connectivity index (χ0v) is 11.3. The van der Waals surface area contributed by atoms with E-state index in [2.05, 4.69) is 30.7 Å². The summed E-state index contributed by atoms with van der Waals surface area (Å²) >= 11 is 0. The molecule has 0 fully saturated rings. The Morgan fingerprint density at radius 3 is 2.78 bits per heavy atom. The lowest BCUT2D eigenvalue weighted by Crippen LogP contribution is -2.40. The number of aromatic nitrogens is 1. The molecule has 0 aliphatic carbocycles. The number of rotatable bonds is 5. The molecule has 0 bridgehead atoms. The van der Waals surface area contributed by atoms with Gasteiger partial charge in [-0.3, -0.25) is 0 Å². The summed E-state index contributed by atoms with van der Waals surface area (Å²) in [5.74, 6) is -0.175. The lowest BCUT2D eigenvalue weighted by atomic mass is 10.0. The molecule has 0 aliphatic heterocycles. The average molecular weight is 248 g/mol. The van der Waals surface area contributed by atoms with Gasteiger partial charge in [0.1, 0.15) is 5.82 Å². The third kappa shape index (κ3) is 2.91. The molecule has 2 aromatic rings. The van der Waals surface area contributed by atoms with Crippen molar-refractivity contribution in [1.82, 2.24) is 9.88 Å². The number of benzene rings is 1. The van der Waals surface area contributed by atoms with Crippen LogP contribution in [0.4, 0.5) is 4.39 Å². The van der Waals surface area contributed by atoms with Crippen molar-refractivity contribution in [3.05, 3.63) is 36.3 Å². The summed E-state index contributed by atoms with van der Waals surface area (Å²) in [6.45, 7) is 8.41. The molecule has 0 saturated heterocycles. The van der Waals surface area contributed by atoms with E-state index in [1.54, 1.807) is 6.07 Å². The predicted octanol–water partition coefficient (Wildman–Crippen LogP) is 3.56. The molecule has 0 amide bonds. The summed E-state index contributed by atoms with van der Waals surface area (Å²) in [6, 6.07) is 6.90. The van der Waals surface area contributed by atoms with Crippen LogP contribution in [0, 0.1) is 5.82 Å². The second kappa shape index (κ2) is 5.11. The molecule has 0 atom stereocenters. The minimum Gasteiger partial charge on any atom is -0.346 e. The van der Waals surface area contributed by atoms with Crippen LogP contribution in [0.5, 0.6) is 0 Å². The Morgan fingerprint density at radius 1 is 1.28 bits per heavy atom. The second-order valence-corrected chi connectivity index (χ2v) is 5.38. The van der Waals surface area contributed by atoms with Crippen LogP contribution >= 0.6 is 0 Å². The lowest BCUT2D eigenvalue weighted by molar-refractivity contribution is 0.369. The SMILES string of the molecule is CCC(C)(C)NCCn1ccc2cc(F)ccc21. The molecule has 98 valence electrons. The molecule has 0 radical (unpaired) electrons. The van der Waals surface area contributed by atoms with E-state index in [4.69, 9.17) is 0 Å². The standard InChI is InChI=1S/C15H21FN2/c1-4-15(2,3)17-8-10-18-9-7-12-11-13(16)5-6-14(12)18/h5-7,9,11,17H,4,8,10H2,1-3H3. The molecular weight excluding hydrogens is 227 g/mol. The van der Waals surface area contributed by atoms with Crippen LogP contribution in [0.2, 0.25) is 0 Å². The molecule has 0 saturated carbocycles. The second-order valence-electron chi connectivity index (χ2n) is 5.38. The summed E-state index contributed by atoms with van der Waals surface area (Å²) in [7, 11) is 0. The van der Waals surface area contributed by atoms with Gasteiger partial charge in [0.15, 0.2) is 0 Å². The van der Waals surface area contributed by atoms with Gasteiger partial charge in [0.2, 0.25) is 0 Å². The third-order valence-corrected chi connectivity index (χ3v) is 3.57. The van der Waals surface area contributed by atoms with Gasteiger partial charge < -0.3 is 9.88 Å². The lowest BCUT2D eigenvalue weighted by Gasteiger charge is -2.24. The van der Waals surface area contributed by atoms with Gasteiger partial charge in [-0.1, -0.05) is 6.92 Å². The van der Waals surface area contributed by atoms with Gasteiger partial charge in [-0.15, -0.1) is 0 Å². The number of nitrogens with one attached hydrogen (secondary N) is 1. The Morgan fingerprint density at radius 2 is 2.06 bits per heavy atom. The van der Waals surface area contributed by atoms with Crippen molar-refractivity contribution >= 4 is 10.9 Å². The zero-order valence-electron chi connectivity index (χ0n) is 11.3. The van der Waals surface area contributed by atoms with Crippen LogP contribution in [-0.4, -0.2) is 16.7 Å². The first-order chi connectivity index (χ1) is 8.52. The van der Waals surface area contributed by atoms with E-state index in [-0.39, 0.29) is 11.4 Å². The molecule has 1 N–H and O–H groups in total. The van der Waals surface area contributed by atoms with Gasteiger partial charge in [-0.05, 0) is 44.5 Å². The first-order valence-electron chi connectivity index (χ1n) is 6.51. The van der Waals surface area contributed by atoms with Crippen LogP contribution in [0.1, 0.15) is 27.2 Å². The number of halogens is 1. The monoisotopic (exact) mass is 248 g/mol. The highest BCUT2D eigenvalue weighted by Crippen LogP contribution is 2.17. The van der Waals surface area contributed by atoms with Gasteiger partial charge in [-0.2, -0.15) is 0 Å². The fraction of sp³-hybridized carbons (Fsp3) is 0.467. The normalized spacial score (nSPS) is 12.2. The summed E-state index contributed by atoms with van der Waals surface area (Å²) < 4.78 is 15.2. The number of nitrogens with zero attached hydrogens (tertiary/aromatic N) is 1. The average Bonchev–Trinajstić information content (AvgIpc) is 2.71. The smallest absolute Gasteiger partial charge is 0.123 e. The fourth-order valence-corrected chi connectivity index (χ4v) is 2.01. The van der Waals surface area contributed by atoms with Crippen LogP contribution in [0.15, 0.2) is 30.5 Å². The van der Waals surface area contributed by atoms with Crippen molar-refractivity contribution in [3.63, 3.8) is 0 Å². The summed E-state index contributed by atoms with van der Waals surface area (Å²) in [6.07, 6.45) is 3.12. The molecule has 0 spiro atoms. The largest absolute Gasteiger partial charge is 0.346 e. The zero-order chi connectivity index (χ0) is 13.2. The van der Waals surface area contributed by atoms with Gasteiger partial charge in [0.25, 0.3) is 0 Å². The molecule has 18 heavy (non-hydrogen) atoms. The third-order valence-electron chi connectivity index (χ3n) is 3.57. The molecular formula is C15H21FN2. The Hall–Kier alpha value is -1.35. The van der Waals surface area contributed by atoms with Crippen molar-refractivity contribution < 1.29 is 4.39 Å². The van der Waals surface area contributed by atoms with E-state index in [0.717, 1.165) is 30.4 Å². The van der Waals surface area contributed by atoms with Crippen molar-refractivity contribution in [2.75, 3.05) is 6.54 Å². The van der Waals surface area contributed by atoms with Crippen molar-refractivity contribution in [3.8, 4) is 0 Å². The van der Waals surface area contributed by atoms with E-state index >= 15 is 0 Å². The van der Waals surface area contributed by atoms with E-state index in [0.29, 0.717) is 0 Å². The van der Waals surface area contributed by atoms with E-state index < -0.39 is 0 Å². The highest BCUT2D eigenvalue weighted by Gasteiger charge is 2.13. The highest BCUT2D eigenvalue weighted by atomic mass is 19.1. The maximum atomic E-state index is 13.1. The maximum absolute atomic E-state index is 13.1. The first-order valence-corrected chi connectivity index (χ1v) is 6.51. The van der Waals surface area contributed by atoms with Crippen molar-refractivity contribution in [1.29, 1.82) is 0 Å².